The zero-order chi connectivity index (χ0) is 20.0. The van der Waals surface area contributed by atoms with Gasteiger partial charge in [0.2, 0.25) is 10.0 Å². The number of hydrogen-bond acceptors (Lipinski definition) is 5. The number of rotatable bonds is 8. The van der Waals surface area contributed by atoms with E-state index in [0.717, 1.165) is 5.56 Å². The van der Waals surface area contributed by atoms with Gasteiger partial charge in [0, 0.05) is 13.1 Å². The van der Waals surface area contributed by atoms with E-state index in [1.807, 2.05) is 31.2 Å². The molecule has 0 heterocycles. The van der Waals surface area contributed by atoms with Gasteiger partial charge in [-0.15, -0.1) is 0 Å². The molecule has 146 valence electrons. The van der Waals surface area contributed by atoms with Gasteiger partial charge in [0.25, 0.3) is 0 Å². The SMILES string of the molecule is Cc1ccc(OCCOC(=O)c2cccc(S(=O)(=O)N(C)C(C)C)c2)cc1. The molecule has 2 aromatic rings. The van der Waals surface area contributed by atoms with Crippen LogP contribution < -0.4 is 4.74 Å². The second-order valence-corrected chi connectivity index (χ2v) is 8.44. The minimum atomic E-state index is -3.66. The molecule has 0 radical (unpaired) electrons. The predicted octanol–water partition coefficient (Wildman–Crippen LogP) is 3.26. The third kappa shape index (κ3) is 5.55. The Bertz CT molecular complexity index is 876. The van der Waals surface area contributed by atoms with Gasteiger partial charge in [-0.25, -0.2) is 13.2 Å². The summed E-state index contributed by atoms with van der Waals surface area (Å²) < 4.78 is 37.0. The molecule has 0 unspecified atom stereocenters. The van der Waals surface area contributed by atoms with Crippen molar-refractivity contribution in [1.29, 1.82) is 0 Å². The van der Waals surface area contributed by atoms with Crippen LogP contribution in [0.4, 0.5) is 0 Å². The Labute approximate surface area is 160 Å². The zero-order valence-corrected chi connectivity index (χ0v) is 16.8. The van der Waals surface area contributed by atoms with Crippen LogP contribution in [0.25, 0.3) is 0 Å². The van der Waals surface area contributed by atoms with Gasteiger partial charge >= 0.3 is 5.97 Å². The Hall–Kier alpha value is -2.38. The fourth-order valence-electron chi connectivity index (χ4n) is 2.24. The normalized spacial score (nSPS) is 11.6. The van der Waals surface area contributed by atoms with Gasteiger partial charge in [-0.2, -0.15) is 4.31 Å². The van der Waals surface area contributed by atoms with Gasteiger partial charge in [-0.1, -0.05) is 23.8 Å². The van der Waals surface area contributed by atoms with E-state index < -0.39 is 16.0 Å². The first-order chi connectivity index (χ1) is 12.7. The largest absolute Gasteiger partial charge is 0.490 e. The van der Waals surface area contributed by atoms with E-state index in [4.69, 9.17) is 9.47 Å². The minimum absolute atomic E-state index is 0.0593. The molecule has 0 saturated carbocycles. The van der Waals surface area contributed by atoms with E-state index in [2.05, 4.69) is 0 Å². The lowest BCUT2D eigenvalue weighted by Gasteiger charge is -2.21. The van der Waals surface area contributed by atoms with Crippen LogP contribution in [-0.2, 0) is 14.8 Å². The molecule has 7 heteroatoms. The number of sulfonamides is 1. The number of nitrogens with zero attached hydrogens (tertiary/aromatic N) is 1. The van der Waals surface area contributed by atoms with Crippen molar-refractivity contribution >= 4 is 16.0 Å². The summed E-state index contributed by atoms with van der Waals surface area (Å²) in [7, 11) is -2.15. The molecule has 0 saturated heterocycles. The number of carbonyl (C=O) groups excluding carboxylic acids is 1. The van der Waals surface area contributed by atoms with Crippen LogP contribution >= 0.6 is 0 Å². The number of ether oxygens (including phenoxy) is 2. The summed E-state index contributed by atoms with van der Waals surface area (Å²) in [6.45, 7) is 5.82. The van der Waals surface area contributed by atoms with Gasteiger partial charge in [-0.05, 0) is 51.1 Å². The lowest BCUT2D eigenvalue weighted by Crippen LogP contribution is -2.33. The lowest BCUT2D eigenvalue weighted by molar-refractivity contribution is 0.0450. The highest BCUT2D eigenvalue weighted by Gasteiger charge is 2.24. The quantitative estimate of drug-likeness (QED) is 0.510. The summed E-state index contributed by atoms with van der Waals surface area (Å²) in [4.78, 5) is 12.3. The summed E-state index contributed by atoms with van der Waals surface area (Å²) in [5.41, 5.74) is 1.32. The van der Waals surface area contributed by atoms with Crippen molar-refractivity contribution in [2.75, 3.05) is 20.3 Å². The molecule has 0 bridgehead atoms. The maximum atomic E-state index is 12.5. The summed E-state index contributed by atoms with van der Waals surface area (Å²) in [5.74, 6) is 0.105. The fourth-order valence-corrected chi connectivity index (χ4v) is 3.65. The molecule has 0 aliphatic heterocycles. The van der Waals surface area contributed by atoms with Gasteiger partial charge in [0.05, 0.1) is 10.5 Å². The van der Waals surface area contributed by atoms with Gasteiger partial charge < -0.3 is 9.47 Å². The molecule has 6 nitrogen and oxygen atoms in total. The molecule has 0 aliphatic rings. The maximum Gasteiger partial charge on any atom is 0.338 e. The van der Waals surface area contributed by atoms with Crippen molar-refractivity contribution in [2.24, 2.45) is 0 Å². The van der Waals surface area contributed by atoms with Crippen LogP contribution in [0.3, 0.4) is 0 Å². The maximum absolute atomic E-state index is 12.5. The zero-order valence-electron chi connectivity index (χ0n) is 16.0. The van der Waals surface area contributed by atoms with E-state index in [0.29, 0.717) is 5.75 Å². The molecule has 2 rings (SSSR count). The van der Waals surface area contributed by atoms with Crippen molar-refractivity contribution in [3.8, 4) is 5.75 Å². The van der Waals surface area contributed by atoms with Crippen molar-refractivity contribution < 1.29 is 22.7 Å². The predicted molar refractivity (Wildman–Crippen MR) is 103 cm³/mol. The topological polar surface area (TPSA) is 72.9 Å². The van der Waals surface area contributed by atoms with Crippen molar-refractivity contribution in [3.05, 3.63) is 59.7 Å². The van der Waals surface area contributed by atoms with Gasteiger partial charge in [0.1, 0.15) is 19.0 Å². The Balaban J connectivity index is 1.96. The molecule has 0 amide bonds. The second-order valence-electron chi connectivity index (χ2n) is 6.44. The highest BCUT2D eigenvalue weighted by atomic mass is 32.2. The average molecular weight is 391 g/mol. The van der Waals surface area contributed by atoms with Crippen molar-refractivity contribution in [3.63, 3.8) is 0 Å². The number of benzene rings is 2. The third-order valence-corrected chi connectivity index (χ3v) is 6.11. The Morgan fingerprint density at radius 2 is 1.74 bits per heavy atom. The third-order valence-electron chi connectivity index (χ3n) is 4.08. The Morgan fingerprint density at radius 3 is 2.37 bits per heavy atom. The number of hydrogen-bond donors (Lipinski definition) is 0. The van der Waals surface area contributed by atoms with Crippen LogP contribution in [0.15, 0.2) is 53.4 Å². The Kier molecular flexibility index (Phi) is 6.98. The van der Waals surface area contributed by atoms with Crippen LogP contribution in [0.5, 0.6) is 5.75 Å². The van der Waals surface area contributed by atoms with E-state index in [-0.39, 0.29) is 29.7 Å². The van der Waals surface area contributed by atoms with E-state index >= 15 is 0 Å². The van der Waals surface area contributed by atoms with Crippen LogP contribution in [0.1, 0.15) is 29.8 Å². The molecule has 27 heavy (non-hydrogen) atoms. The van der Waals surface area contributed by atoms with Crippen LogP contribution in [-0.4, -0.2) is 45.0 Å². The molecular weight excluding hydrogens is 366 g/mol. The first-order valence-electron chi connectivity index (χ1n) is 8.66. The number of carbonyl (C=O) groups is 1. The summed E-state index contributed by atoms with van der Waals surface area (Å²) >= 11 is 0. The number of aryl methyl sites for hydroxylation is 1. The molecule has 0 atom stereocenters. The average Bonchev–Trinajstić information content (AvgIpc) is 2.65. The van der Waals surface area contributed by atoms with E-state index in [1.165, 1.54) is 35.6 Å². The molecule has 0 aliphatic carbocycles. The highest BCUT2D eigenvalue weighted by Crippen LogP contribution is 2.18. The van der Waals surface area contributed by atoms with Crippen LogP contribution in [0.2, 0.25) is 0 Å². The first kappa shape index (κ1) is 20.9. The molecular formula is C20H25NO5S. The molecule has 2 aromatic carbocycles. The highest BCUT2D eigenvalue weighted by molar-refractivity contribution is 7.89. The van der Waals surface area contributed by atoms with Gasteiger partial charge in [-0.3, -0.25) is 0 Å². The number of esters is 1. The fraction of sp³-hybridized carbons (Fsp3) is 0.350. The smallest absolute Gasteiger partial charge is 0.338 e. The second kappa shape index (κ2) is 9.01. The van der Waals surface area contributed by atoms with Crippen molar-refractivity contribution in [2.45, 2.75) is 31.7 Å². The van der Waals surface area contributed by atoms with Gasteiger partial charge in [0.15, 0.2) is 0 Å². The molecule has 0 fully saturated rings. The van der Waals surface area contributed by atoms with Crippen molar-refractivity contribution in [1.82, 2.24) is 4.31 Å². The summed E-state index contributed by atoms with van der Waals surface area (Å²) in [6.07, 6.45) is 0. The lowest BCUT2D eigenvalue weighted by atomic mass is 10.2. The molecule has 0 aromatic heterocycles. The molecule has 0 N–H and O–H groups in total. The summed E-state index contributed by atoms with van der Waals surface area (Å²) in [5, 5.41) is 0. The van der Waals surface area contributed by atoms with Crippen LogP contribution in [0, 0.1) is 6.92 Å². The molecule has 0 spiro atoms. The standard InChI is InChI=1S/C20H25NO5S/c1-15(2)21(4)27(23,24)19-7-5-6-17(14-19)20(22)26-13-12-25-18-10-8-16(3)9-11-18/h5-11,14-15H,12-13H2,1-4H3. The summed E-state index contributed by atoms with van der Waals surface area (Å²) in [6, 6.07) is 13.2. The van der Waals surface area contributed by atoms with E-state index in [1.54, 1.807) is 13.8 Å². The Morgan fingerprint density at radius 1 is 1.07 bits per heavy atom. The van der Waals surface area contributed by atoms with E-state index in [9.17, 15) is 13.2 Å². The minimum Gasteiger partial charge on any atom is -0.490 e. The monoisotopic (exact) mass is 391 g/mol. The first-order valence-corrected chi connectivity index (χ1v) is 10.1.